The van der Waals surface area contributed by atoms with E-state index in [0.717, 1.165) is 13.1 Å². The van der Waals surface area contributed by atoms with Crippen molar-refractivity contribution in [2.75, 3.05) is 19.7 Å². The predicted octanol–water partition coefficient (Wildman–Crippen LogP) is 2.17. The number of hydrogen-bond acceptors (Lipinski definition) is 4. The maximum absolute atomic E-state index is 11.8. The molecule has 1 saturated heterocycles. The summed E-state index contributed by atoms with van der Waals surface area (Å²) in [6.07, 6.45) is 3.13. The second-order valence-electron chi connectivity index (χ2n) is 6.93. The Bertz CT molecular complexity index is 313. The Kier molecular flexibility index (Phi) is 5.39. The van der Waals surface area contributed by atoms with Crippen molar-refractivity contribution in [3.8, 4) is 0 Å². The summed E-state index contributed by atoms with van der Waals surface area (Å²) >= 11 is 0. The van der Waals surface area contributed by atoms with Crippen LogP contribution in [0, 0.1) is 5.41 Å². The van der Waals surface area contributed by atoms with E-state index in [1.807, 2.05) is 6.92 Å². The van der Waals surface area contributed by atoms with Gasteiger partial charge in [-0.3, -0.25) is 4.79 Å². The molecule has 1 aliphatic heterocycles. The third-order valence-corrected chi connectivity index (χ3v) is 4.01. The van der Waals surface area contributed by atoms with Crippen molar-refractivity contribution in [3.63, 3.8) is 0 Å². The van der Waals surface area contributed by atoms with E-state index in [1.165, 1.54) is 12.8 Å². The molecule has 0 radical (unpaired) electrons. The quantitative estimate of drug-likeness (QED) is 0.778. The number of nitrogens with zero attached hydrogens (tertiary/aromatic N) is 1. The van der Waals surface area contributed by atoms with E-state index in [0.29, 0.717) is 24.5 Å². The molecule has 0 spiro atoms. The van der Waals surface area contributed by atoms with E-state index in [9.17, 15) is 4.79 Å². The molecule has 19 heavy (non-hydrogen) atoms. The fraction of sp³-hybridized carbons (Fsp3) is 0.933. The highest BCUT2D eigenvalue weighted by Gasteiger charge is 2.36. The monoisotopic (exact) mass is 270 g/mol. The van der Waals surface area contributed by atoms with Crippen LogP contribution < -0.4 is 5.73 Å². The number of piperidine rings is 1. The van der Waals surface area contributed by atoms with Crippen LogP contribution >= 0.6 is 0 Å². The van der Waals surface area contributed by atoms with Crippen molar-refractivity contribution in [2.24, 2.45) is 11.1 Å². The van der Waals surface area contributed by atoms with E-state index < -0.39 is 5.54 Å². The van der Waals surface area contributed by atoms with Gasteiger partial charge in [0.05, 0.1) is 6.61 Å². The van der Waals surface area contributed by atoms with Gasteiger partial charge in [-0.2, -0.15) is 0 Å². The molecule has 112 valence electrons. The summed E-state index contributed by atoms with van der Waals surface area (Å²) < 4.78 is 5.05. The van der Waals surface area contributed by atoms with Gasteiger partial charge in [0.1, 0.15) is 5.54 Å². The number of hydrogen-bond donors (Lipinski definition) is 1. The van der Waals surface area contributed by atoms with Gasteiger partial charge in [0.25, 0.3) is 0 Å². The summed E-state index contributed by atoms with van der Waals surface area (Å²) in [5.74, 6) is -0.293. The first-order valence-corrected chi connectivity index (χ1v) is 7.38. The highest BCUT2D eigenvalue weighted by molar-refractivity contribution is 5.80. The highest BCUT2D eigenvalue weighted by atomic mass is 16.5. The highest BCUT2D eigenvalue weighted by Crippen LogP contribution is 2.30. The molecule has 0 aromatic rings. The zero-order valence-corrected chi connectivity index (χ0v) is 13.2. The van der Waals surface area contributed by atoms with E-state index in [1.54, 1.807) is 6.92 Å². The Morgan fingerprint density at radius 3 is 2.68 bits per heavy atom. The maximum atomic E-state index is 11.8. The van der Waals surface area contributed by atoms with E-state index in [4.69, 9.17) is 10.5 Å². The molecule has 4 heteroatoms. The second-order valence-corrected chi connectivity index (χ2v) is 6.93. The van der Waals surface area contributed by atoms with Crippen LogP contribution in [0.5, 0.6) is 0 Å². The van der Waals surface area contributed by atoms with Gasteiger partial charge in [0.15, 0.2) is 0 Å². The third-order valence-electron chi connectivity index (χ3n) is 4.01. The Hall–Kier alpha value is -0.610. The normalized spacial score (nSPS) is 24.5. The lowest BCUT2D eigenvalue weighted by molar-refractivity contribution is -0.149. The average Bonchev–Trinajstić information content (AvgIpc) is 2.27. The smallest absolute Gasteiger partial charge is 0.325 e. The molecule has 2 atom stereocenters. The number of nitrogens with two attached hydrogens (primary N) is 1. The Morgan fingerprint density at radius 2 is 2.16 bits per heavy atom. The molecule has 0 saturated carbocycles. The third kappa shape index (κ3) is 4.77. The summed E-state index contributed by atoms with van der Waals surface area (Å²) in [5, 5.41) is 0. The molecular weight excluding hydrogens is 240 g/mol. The number of ether oxygens (including phenoxy) is 1. The lowest BCUT2D eigenvalue weighted by Crippen LogP contribution is -2.53. The minimum atomic E-state index is -0.892. The topological polar surface area (TPSA) is 55.6 Å². The molecule has 1 heterocycles. The Labute approximate surface area is 117 Å². The molecule has 0 aromatic carbocycles. The van der Waals surface area contributed by atoms with Crippen molar-refractivity contribution in [2.45, 2.75) is 65.5 Å². The molecule has 1 rings (SSSR count). The van der Waals surface area contributed by atoms with Crippen LogP contribution in [0.4, 0.5) is 0 Å². The fourth-order valence-corrected chi connectivity index (χ4v) is 2.97. The fourth-order valence-electron chi connectivity index (χ4n) is 2.97. The number of carbonyl (C=O) groups is 1. The lowest BCUT2D eigenvalue weighted by Gasteiger charge is -2.42. The molecule has 0 aromatic heterocycles. The van der Waals surface area contributed by atoms with Crippen LogP contribution in [0.1, 0.15) is 53.9 Å². The van der Waals surface area contributed by atoms with Gasteiger partial charge >= 0.3 is 5.97 Å². The molecule has 2 unspecified atom stereocenters. The maximum Gasteiger partial charge on any atom is 0.325 e. The van der Waals surface area contributed by atoms with Crippen LogP contribution in [0.25, 0.3) is 0 Å². The standard InChI is InChI=1S/C15H30N2O2/c1-6-19-13(18)15(5,16)10-12(2)17-9-7-8-14(3,4)11-17/h12H,6-11,16H2,1-5H3. The largest absolute Gasteiger partial charge is 0.465 e. The zero-order valence-electron chi connectivity index (χ0n) is 13.2. The molecule has 1 aliphatic rings. The minimum absolute atomic E-state index is 0.293. The van der Waals surface area contributed by atoms with Crippen LogP contribution in [0.15, 0.2) is 0 Å². The second kappa shape index (κ2) is 6.23. The van der Waals surface area contributed by atoms with E-state index in [2.05, 4.69) is 25.7 Å². The average molecular weight is 270 g/mol. The van der Waals surface area contributed by atoms with Crippen molar-refractivity contribution in [1.29, 1.82) is 0 Å². The van der Waals surface area contributed by atoms with Gasteiger partial charge in [0.2, 0.25) is 0 Å². The molecule has 2 N–H and O–H groups in total. The van der Waals surface area contributed by atoms with Gasteiger partial charge in [-0.25, -0.2) is 0 Å². The number of carbonyl (C=O) groups excluding carboxylic acids is 1. The van der Waals surface area contributed by atoms with Crippen molar-refractivity contribution in [1.82, 2.24) is 4.90 Å². The molecule has 0 bridgehead atoms. The zero-order chi connectivity index (χ0) is 14.7. The molecule has 0 amide bonds. The molecule has 4 nitrogen and oxygen atoms in total. The summed E-state index contributed by atoms with van der Waals surface area (Å²) in [7, 11) is 0. The Morgan fingerprint density at radius 1 is 1.53 bits per heavy atom. The summed E-state index contributed by atoms with van der Waals surface area (Å²) in [5.41, 5.74) is 5.59. The predicted molar refractivity (Wildman–Crippen MR) is 77.9 cm³/mol. The van der Waals surface area contributed by atoms with Gasteiger partial charge in [0, 0.05) is 12.6 Å². The first-order valence-electron chi connectivity index (χ1n) is 7.38. The van der Waals surface area contributed by atoms with E-state index in [-0.39, 0.29) is 5.97 Å². The van der Waals surface area contributed by atoms with Gasteiger partial charge in [-0.05, 0) is 52.0 Å². The SMILES string of the molecule is CCOC(=O)C(C)(N)CC(C)N1CCCC(C)(C)C1. The number of rotatable bonds is 5. The lowest BCUT2D eigenvalue weighted by atomic mass is 9.82. The minimum Gasteiger partial charge on any atom is -0.465 e. The van der Waals surface area contributed by atoms with Crippen LogP contribution in [0.3, 0.4) is 0 Å². The van der Waals surface area contributed by atoms with E-state index >= 15 is 0 Å². The number of likely N-dealkylation sites (tertiary alicyclic amines) is 1. The summed E-state index contributed by atoms with van der Waals surface area (Å²) in [6, 6.07) is 0.305. The molecular formula is C15H30N2O2. The Balaban J connectivity index is 2.58. The van der Waals surface area contributed by atoms with Crippen LogP contribution in [0.2, 0.25) is 0 Å². The van der Waals surface area contributed by atoms with Gasteiger partial charge in [-0.1, -0.05) is 13.8 Å². The van der Waals surface area contributed by atoms with Gasteiger partial charge < -0.3 is 15.4 Å². The van der Waals surface area contributed by atoms with Crippen molar-refractivity contribution in [3.05, 3.63) is 0 Å². The van der Waals surface area contributed by atoms with Crippen LogP contribution in [-0.2, 0) is 9.53 Å². The van der Waals surface area contributed by atoms with Crippen molar-refractivity contribution >= 4 is 5.97 Å². The van der Waals surface area contributed by atoms with Gasteiger partial charge in [-0.15, -0.1) is 0 Å². The summed E-state index contributed by atoms with van der Waals surface area (Å²) in [4.78, 5) is 14.3. The molecule has 0 aliphatic carbocycles. The van der Waals surface area contributed by atoms with Crippen LogP contribution in [-0.4, -0.2) is 42.1 Å². The summed E-state index contributed by atoms with van der Waals surface area (Å²) in [6.45, 7) is 12.9. The number of esters is 1. The first kappa shape index (κ1) is 16.4. The molecule has 1 fully saturated rings. The van der Waals surface area contributed by atoms with Crippen molar-refractivity contribution < 1.29 is 9.53 Å². The first-order chi connectivity index (χ1) is 8.68.